The maximum absolute atomic E-state index is 14.2. The molecule has 1 aromatic carbocycles. The molecule has 2 saturated heterocycles. The zero-order valence-electron chi connectivity index (χ0n) is 14.1. The van der Waals surface area contributed by atoms with Crippen LogP contribution in [0.2, 0.25) is 0 Å². The van der Waals surface area contributed by atoms with Gasteiger partial charge in [0.2, 0.25) is 11.8 Å². The van der Waals surface area contributed by atoms with Crippen molar-refractivity contribution in [2.45, 2.75) is 31.1 Å². The minimum Gasteiger partial charge on any atom is -0.352 e. The number of rotatable bonds is 2. The number of hydrogen-bond acceptors (Lipinski definition) is 3. The number of carbonyl (C=O) groups is 3. The van der Waals surface area contributed by atoms with Crippen LogP contribution < -0.4 is 5.32 Å². The lowest BCUT2D eigenvalue weighted by Crippen LogP contribution is -2.58. The van der Waals surface area contributed by atoms with Crippen molar-refractivity contribution in [2.24, 2.45) is 0 Å². The molecule has 27 heavy (non-hydrogen) atoms. The molecule has 2 aliphatic rings. The summed E-state index contributed by atoms with van der Waals surface area (Å²) in [6.45, 7) is -0.0945. The molecule has 0 spiro atoms. The maximum Gasteiger partial charge on any atom is 0.471 e. The average Bonchev–Trinajstić information content (AvgIpc) is 3.09. The van der Waals surface area contributed by atoms with E-state index in [-0.39, 0.29) is 38.0 Å². The van der Waals surface area contributed by atoms with Crippen LogP contribution in [-0.4, -0.2) is 59.4 Å². The normalized spacial score (nSPS) is 23.3. The fourth-order valence-corrected chi connectivity index (χ4v) is 3.53. The Hall–Kier alpha value is -2.65. The van der Waals surface area contributed by atoms with Gasteiger partial charge >= 0.3 is 12.1 Å². The van der Waals surface area contributed by atoms with E-state index in [1.807, 2.05) is 0 Å². The van der Waals surface area contributed by atoms with Crippen LogP contribution in [0.4, 0.5) is 17.6 Å². The summed E-state index contributed by atoms with van der Waals surface area (Å²) in [6, 6.07) is 2.79. The van der Waals surface area contributed by atoms with Gasteiger partial charge in [-0.1, -0.05) is 18.2 Å². The van der Waals surface area contributed by atoms with Crippen molar-refractivity contribution in [3.05, 3.63) is 35.6 Å². The van der Waals surface area contributed by atoms with Crippen molar-refractivity contribution in [3.8, 4) is 0 Å². The number of carbonyl (C=O) groups excluding carboxylic acids is 3. The van der Waals surface area contributed by atoms with Crippen molar-refractivity contribution in [1.29, 1.82) is 0 Å². The molecule has 0 saturated carbocycles. The maximum atomic E-state index is 14.2. The minimum absolute atomic E-state index is 0.00806. The fourth-order valence-electron chi connectivity index (χ4n) is 3.53. The van der Waals surface area contributed by atoms with Gasteiger partial charge in [-0.15, -0.1) is 0 Å². The van der Waals surface area contributed by atoms with Crippen molar-refractivity contribution in [1.82, 2.24) is 15.1 Å². The number of hydrogen-bond donors (Lipinski definition) is 1. The quantitative estimate of drug-likeness (QED) is 0.780. The van der Waals surface area contributed by atoms with Gasteiger partial charge in [-0.3, -0.25) is 14.4 Å². The highest BCUT2D eigenvalue weighted by Gasteiger charge is 2.49. The predicted molar refractivity (Wildman–Crippen MR) is 84.7 cm³/mol. The van der Waals surface area contributed by atoms with E-state index < -0.39 is 41.8 Å². The van der Waals surface area contributed by atoms with E-state index in [2.05, 4.69) is 5.32 Å². The third-order valence-electron chi connectivity index (χ3n) is 4.74. The second-order valence-electron chi connectivity index (χ2n) is 6.40. The summed E-state index contributed by atoms with van der Waals surface area (Å²) in [6.07, 6.45) is -4.79. The van der Waals surface area contributed by atoms with E-state index in [9.17, 15) is 31.9 Å². The van der Waals surface area contributed by atoms with E-state index in [4.69, 9.17) is 0 Å². The van der Waals surface area contributed by atoms with Crippen LogP contribution in [0.15, 0.2) is 24.3 Å². The van der Waals surface area contributed by atoms with Gasteiger partial charge in [0.1, 0.15) is 17.9 Å². The van der Waals surface area contributed by atoms with Gasteiger partial charge in [-0.25, -0.2) is 4.39 Å². The Bertz CT molecular complexity index is 768. The molecule has 1 N–H and O–H groups in total. The molecule has 2 fully saturated rings. The average molecular weight is 387 g/mol. The molecule has 0 bridgehead atoms. The Morgan fingerprint density at radius 2 is 1.81 bits per heavy atom. The van der Waals surface area contributed by atoms with Crippen LogP contribution in [0.5, 0.6) is 0 Å². The predicted octanol–water partition coefficient (Wildman–Crippen LogP) is 1.38. The van der Waals surface area contributed by atoms with Crippen molar-refractivity contribution in [2.75, 3.05) is 19.6 Å². The number of piperazine rings is 1. The summed E-state index contributed by atoms with van der Waals surface area (Å²) in [7, 11) is 0. The zero-order chi connectivity index (χ0) is 19.8. The number of likely N-dealkylation sites (tertiary alicyclic amines) is 1. The number of amides is 3. The van der Waals surface area contributed by atoms with E-state index in [0.717, 1.165) is 11.0 Å². The molecule has 0 aliphatic carbocycles. The van der Waals surface area contributed by atoms with Crippen LogP contribution in [-0.2, 0) is 14.4 Å². The summed E-state index contributed by atoms with van der Waals surface area (Å²) in [4.78, 5) is 38.4. The lowest BCUT2D eigenvalue weighted by atomic mass is 10.00. The first-order valence-corrected chi connectivity index (χ1v) is 8.42. The van der Waals surface area contributed by atoms with Crippen LogP contribution in [0.1, 0.15) is 24.4 Å². The molecule has 3 rings (SSSR count). The number of nitrogens with zero attached hydrogens (tertiary/aromatic N) is 2. The van der Waals surface area contributed by atoms with Gasteiger partial charge in [0.05, 0.1) is 0 Å². The van der Waals surface area contributed by atoms with Gasteiger partial charge in [0.15, 0.2) is 0 Å². The SMILES string of the molecule is O=C1NCCN(C(=O)C2CCCN2C(=O)C(F)(F)F)C1c1ccccc1F. The number of benzene rings is 1. The van der Waals surface area contributed by atoms with Gasteiger partial charge < -0.3 is 15.1 Å². The first kappa shape index (κ1) is 19.1. The zero-order valence-corrected chi connectivity index (χ0v) is 14.1. The first-order valence-electron chi connectivity index (χ1n) is 8.42. The van der Waals surface area contributed by atoms with Gasteiger partial charge in [0, 0.05) is 25.2 Å². The monoisotopic (exact) mass is 387 g/mol. The first-order chi connectivity index (χ1) is 12.7. The second-order valence-corrected chi connectivity index (χ2v) is 6.40. The largest absolute Gasteiger partial charge is 0.471 e. The van der Waals surface area contributed by atoms with E-state index >= 15 is 0 Å². The molecule has 2 heterocycles. The van der Waals surface area contributed by atoms with Crippen molar-refractivity contribution < 1.29 is 31.9 Å². The van der Waals surface area contributed by atoms with Crippen LogP contribution in [0.3, 0.4) is 0 Å². The highest BCUT2D eigenvalue weighted by Crippen LogP contribution is 2.31. The molecule has 2 atom stereocenters. The smallest absolute Gasteiger partial charge is 0.352 e. The molecular weight excluding hydrogens is 370 g/mol. The summed E-state index contributed by atoms with van der Waals surface area (Å²) in [5, 5.41) is 2.53. The van der Waals surface area contributed by atoms with Crippen LogP contribution in [0, 0.1) is 5.82 Å². The molecule has 2 unspecified atom stereocenters. The number of halogens is 4. The number of nitrogens with one attached hydrogen (secondary N) is 1. The van der Waals surface area contributed by atoms with Crippen molar-refractivity contribution in [3.63, 3.8) is 0 Å². The van der Waals surface area contributed by atoms with E-state index in [0.29, 0.717) is 4.90 Å². The molecule has 2 aliphatic heterocycles. The Kier molecular flexibility index (Phi) is 5.07. The van der Waals surface area contributed by atoms with Gasteiger partial charge in [-0.05, 0) is 18.9 Å². The highest BCUT2D eigenvalue weighted by atomic mass is 19.4. The third-order valence-corrected chi connectivity index (χ3v) is 4.74. The molecule has 1 aromatic rings. The lowest BCUT2D eigenvalue weighted by Gasteiger charge is -2.38. The molecule has 0 aromatic heterocycles. The molecule has 0 radical (unpaired) electrons. The second kappa shape index (κ2) is 7.16. The molecular formula is C17H17F4N3O3. The Morgan fingerprint density at radius 3 is 2.48 bits per heavy atom. The van der Waals surface area contributed by atoms with E-state index in [1.54, 1.807) is 0 Å². The summed E-state index contributed by atoms with van der Waals surface area (Å²) < 4.78 is 52.6. The third kappa shape index (κ3) is 3.60. The molecule has 3 amide bonds. The summed E-state index contributed by atoms with van der Waals surface area (Å²) in [5.41, 5.74) is -0.0465. The van der Waals surface area contributed by atoms with Crippen LogP contribution >= 0.6 is 0 Å². The minimum atomic E-state index is -5.09. The van der Waals surface area contributed by atoms with Gasteiger partial charge in [0.25, 0.3) is 0 Å². The lowest BCUT2D eigenvalue weighted by molar-refractivity contribution is -0.187. The van der Waals surface area contributed by atoms with E-state index in [1.165, 1.54) is 18.2 Å². The highest BCUT2D eigenvalue weighted by molar-refractivity contribution is 5.94. The Balaban J connectivity index is 1.90. The van der Waals surface area contributed by atoms with Crippen LogP contribution in [0.25, 0.3) is 0 Å². The Morgan fingerprint density at radius 1 is 1.11 bits per heavy atom. The topological polar surface area (TPSA) is 69.7 Å². The molecule has 146 valence electrons. The summed E-state index contributed by atoms with van der Waals surface area (Å²) >= 11 is 0. The Labute approximate surface area is 152 Å². The van der Waals surface area contributed by atoms with Gasteiger partial charge in [-0.2, -0.15) is 13.2 Å². The van der Waals surface area contributed by atoms with Crippen molar-refractivity contribution >= 4 is 17.7 Å². The number of alkyl halides is 3. The fraction of sp³-hybridized carbons (Fsp3) is 0.471. The molecule has 6 nitrogen and oxygen atoms in total. The summed E-state index contributed by atoms with van der Waals surface area (Å²) in [5.74, 6) is -4.19. The standard InChI is InChI=1S/C17H17F4N3O3/c18-11-5-2-1-4-10(11)13-14(25)22-7-9-24(13)15(26)12-6-3-8-23(12)16(27)17(19,20)21/h1-2,4-5,12-13H,3,6-9H2,(H,22,25). The molecule has 10 heteroatoms.